The molecule has 1 N–H and O–H groups in total. The minimum atomic E-state index is 1.10. The predicted molar refractivity (Wildman–Crippen MR) is 88.9 cm³/mol. The molecule has 3 aromatic carbocycles. The zero-order valence-corrected chi connectivity index (χ0v) is 12.3. The van der Waals surface area contributed by atoms with Gasteiger partial charge in [-0.2, -0.15) is 0 Å². The summed E-state index contributed by atoms with van der Waals surface area (Å²) in [7, 11) is 0. The molecule has 0 saturated carbocycles. The van der Waals surface area contributed by atoms with Crippen LogP contribution in [0.4, 0.5) is 0 Å². The summed E-state index contributed by atoms with van der Waals surface area (Å²) in [6, 6.07) is 23.3. The average Bonchev–Trinajstić information content (AvgIpc) is 2.89. The Balaban J connectivity index is 2.19. The molecule has 0 atom stereocenters. The lowest BCUT2D eigenvalue weighted by atomic mass is 9.99. The van der Waals surface area contributed by atoms with E-state index in [1.807, 2.05) is 0 Å². The summed E-state index contributed by atoms with van der Waals surface area (Å²) in [4.78, 5) is 3.51. The highest BCUT2D eigenvalue weighted by Gasteiger charge is 2.12. The number of rotatable bonds is 1. The molecule has 0 spiro atoms. The lowest BCUT2D eigenvalue weighted by Gasteiger charge is -2.05. The molecule has 0 aliphatic rings. The molecule has 0 aliphatic carbocycles. The first-order valence-corrected chi connectivity index (χ1v) is 7.38. The van der Waals surface area contributed by atoms with E-state index >= 15 is 0 Å². The molecular weight excluding hydrogens is 310 g/mol. The van der Waals surface area contributed by atoms with Crippen LogP contribution >= 0.6 is 15.9 Å². The van der Waals surface area contributed by atoms with E-state index in [4.69, 9.17) is 0 Å². The Morgan fingerprint density at radius 2 is 1.50 bits per heavy atom. The third-order valence-electron chi connectivity index (χ3n) is 3.70. The molecule has 0 aliphatic heterocycles. The molecule has 2 heteroatoms. The predicted octanol–water partition coefficient (Wildman–Crippen LogP) is 5.75. The lowest BCUT2D eigenvalue weighted by molar-refractivity contribution is 1.53. The molecular formula is C18H12BrN. The van der Waals surface area contributed by atoms with Gasteiger partial charge in [0.15, 0.2) is 0 Å². The van der Waals surface area contributed by atoms with Crippen molar-refractivity contribution in [2.45, 2.75) is 0 Å². The fraction of sp³-hybridized carbons (Fsp3) is 0. The zero-order valence-electron chi connectivity index (χ0n) is 10.7. The molecule has 0 amide bonds. The van der Waals surface area contributed by atoms with E-state index in [9.17, 15) is 0 Å². The Morgan fingerprint density at radius 1 is 0.750 bits per heavy atom. The fourth-order valence-corrected chi connectivity index (χ4v) is 3.21. The van der Waals surface area contributed by atoms with Gasteiger partial charge >= 0.3 is 0 Å². The first-order valence-electron chi connectivity index (χ1n) is 6.59. The summed E-state index contributed by atoms with van der Waals surface area (Å²) >= 11 is 3.65. The Labute approximate surface area is 125 Å². The van der Waals surface area contributed by atoms with Crippen molar-refractivity contribution in [3.63, 3.8) is 0 Å². The van der Waals surface area contributed by atoms with Gasteiger partial charge in [0.05, 0.1) is 5.52 Å². The van der Waals surface area contributed by atoms with E-state index in [1.165, 1.54) is 27.4 Å². The van der Waals surface area contributed by atoms with Gasteiger partial charge in [-0.1, -0.05) is 54.6 Å². The number of H-pyrrole nitrogens is 1. The van der Waals surface area contributed by atoms with Crippen LogP contribution in [0.25, 0.3) is 32.9 Å². The van der Waals surface area contributed by atoms with Gasteiger partial charge in [-0.05, 0) is 39.2 Å². The van der Waals surface area contributed by atoms with Crippen molar-refractivity contribution in [1.29, 1.82) is 0 Å². The molecule has 96 valence electrons. The second-order valence-corrected chi connectivity index (χ2v) is 5.74. The van der Waals surface area contributed by atoms with E-state index in [-0.39, 0.29) is 0 Å². The number of fused-ring (bicyclic) bond motifs is 3. The fourth-order valence-electron chi connectivity index (χ4n) is 2.78. The second kappa shape index (κ2) is 4.50. The maximum atomic E-state index is 3.65. The topological polar surface area (TPSA) is 15.8 Å². The van der Waals surface area contributed by atoms with Crippen molar-refractivity contribution in [2.75, 3.05) is 0 Å². The maximum absolute atomic E-state index is 3.65. The average molecular weight is 322 g/mol. The minimum absolute atomic E-state index is 1.10. The van der Waals surface area contributed by atoms with Crippen LogP contribution in [0, 0.1) is 0 Å². The van der Waals surface area contributed by atoms with E-state index < -0.39 is 0 Å². The number of halogens is 1. The molecule has 0 saturated heterocycles. The summed E-state index contributed by atoms with van der Waals surface area (Å²) in [5.41, 5.74) is 4.84. The highest BCUT2D eigenvalue weighted by Crippen LogP contribution is 2.37. The van der Waals surface area contributed by atoms with Crippen molar-refractivity contribution in [1.82, 2.24) is 4.98 Å². The van der Waals surface area contributed by atoms with E-state index in [0.29, 0.717) is 0 Å². The first kappa shape index (κ1) is 11.7. The summed E-state index contributed by atoms with van der Waals surface area (Å²) in [5, 5.41) is 2.55. The summed E-state index contributed by atoms with van der Waals surface area (Å²) in [6.07, 6.45) is 0. The van der Waals surface area contributed by atoms with Crippen molar-refractivity contribution >= 4 is 37.7 Å². The standard InChI is InChI=1S/C18H12BrN/c19-15-11-10-13(12-6-2-1-3-7-12)17-14-8-4-5-9-16(14)20-18(15)17/h1-11,20H. The molecule has 4 aromatic rings. The molecule has 0 unspecified atom stereocenters. The number of benzene rings is 3. The number of hydrogen-bond donors (Lipinski definition) is 1. The number of aromatic amines is 1. The molecule has 0 fully saturated rings. The Hall–Kier alpha value is -2.06. The van der Waals surface area contributed by atoms with Gasteiger partial charge < -0.3 is 4.98 Å². The molecule has 1 aromatic heterocycles. The van der Waals surface area contributed by atoms with Gasteiger partial charge in [-0.3, -0.25) is 0 Å². The van der Waals surface area contributed by atoms with Crippen LogP contribution in [0.5, 0.6) is 0 Å². The van der Waals surface area contributed by atoms with Gasteiger partial charge in [0.2, 0.25) is 0 Å². The van der Waals surface area contributed by atoms with Crippen molar-refractivity contribution in [2.24, 2.45) is 0 Å². The number of aromatic nitrogens is 1. The van der Waals surface area contributed by atoms with Gasteiger partial charge in [0, 0.05) is 20.8 Å². The SMILES string of the molecule is Brc1ccc(-c2ccccc2)c2c1[nH]c1ccccc12. The normalized spacial score (nSPS) is 11.2. The third-order valence-corrected chi connectivity index (χ3v) is 4.36. The molecule has 0 bridgehead atoms. The van der Waals surface area contributed by atoms with Crippen LogP contribution < -0.4 is 0 Å². The van der Waals surface area contributed by atoms with Gasteiger partial charge in [0.25, 0.3) is 0 Å². The van der Waals surface area contributed by atoms with E-state index in [1.54, 1.807) is 0 Å². The zero-order chi connectivity index (χ0) is 13.5. The van der Waals surface area contributed by atoms with Crippen molar-refractivity contribution < 1.29 is 0 Å². The molecule has 4 rings (SSSR count). The highest BCUT2D eigenvalue weighted by molar-refractivity contribution is 9.10. The van der Waals surface area contributed by atoms with Crippen molar-refractivity contribution in [3.05, 3.63) is 71.2 Å². The number of para-hydroxylation sites is 1. The monoisotopic (exact) mass is 321 g/mol. The minimum Gasteiger partial charge on any atom is -0.354 e. The molecule has 1 heterocycles. The lowest BCUT2D eigenvalue weighted by Crippen LogP contribution is -1.80. The van der Waals surface area contributed by atoms with Crippen LogP contribution in [0.1, 0.15) is 0 Å². The Kier molecular flexibility index (Phi) is 2.64. The van der Waals surface area contributed by atoms with Crippen LogP contribution in [0.2, 0.25) is 0 Å². The van der Waals surface area contributed by atoms with Gasteiger partial charge in [-0.25, -0.2) is 0 Å². The first-order chi connectivity index (χ1) is 9.84. The van der Waals surface area contributed by atoms with Crippen LogP contribution in [0.3, 0.4) is 0 Å². The third kappa shape index (κ3) is 1.69. The van der Waals surface area contributed by atoms with E-state index in [2.05, 4.69) is 87.6 Å². The molecule has 20 heavy (non-hydrogen) atoms. The van der Waals surface area contributed by atoms with Crippen LogP contribution in [-0.2, 0) is 0 Å². The van der Waals surface area contributed by atoms with Crippen LogP contribution in [-0.4, -0.2) is 4.98 Å². The van der Waals surface area contributed by atoms with Crippen LogP contribution in [0.15, 0.2) is 71.2 Å². The Morgan fingerprint density at radius 3 is 2.35 bits per heavy atom. The van der Waals surface area contributed by atoms with Gasteiger partial charge in [-0.15, -0.1) is 0 Å². The molecule has 1 nitrogen and oxygen atoms in total. The Bertz CT molecular complexity index is 907. The van der Waals surface area contributed by atoms with E-state index in [0.717, 1.165) is 9.99 Å². The summed E-state index contributed by atoms with van der Waals surface area (Å²) in [5.74, 6) is 0. The second-order valence-electron chi connectivity index (χ2n) is 4.88. The number of hydrogen-bond acceptors (Lipinski definition) is 0. The largest absolute Gasteiger partial charge is 0.354 e. The number of nitrogens with one attached hydrogen (secondary N) is 1. The summed E-state index contributed by atoms with van der Waals surface area (Å²) in [6.45, 7) is 0. The highest BCUT2D eigenvalue weighted by atomic mass is 79.9. The quantitative estimate of drug-likeness (QED) is 0.459. The summed E-state index contributed by atoms with van der Waals surface area (Å²) < 4.78 is 1.10. The van der Waals surface area contributed by atoms with Gasteiger partial charge in [0.1, 0.15) is 0 Å². The smallest absolute Gasteiger partial charge is 0.0615 e. The maximum Gasteiger partial charge on any atom is 0.0615 e. The molecule has 0 radical (unpaired) electrons. The van der Waals surface area contributed by atoms with Crippen molar-refractivity contribution in [3.8, 4) is 11.1 Å².